The lowest BCUT2D eigenvalue weighted by Gasteiger charge is -2.21. The highest BCUT2D eigenvalue weighted by atomic mass is 35.5. The summed E-state index contributed by atoms with van der Waals surface area (Å²) in [6.07, 6.45) is 4.12. The van der Waals surface area contributed by atoms with E-state index in [2.05, 4.69) is 16.9 Å². The lowest BCUT2D eigenvalue weighted by molar-refractivity contribution is 0.1000. The van der Waals surface area contributed by atoms with E-state index in [1.807, 2.05) is 6.07 Å². The van der Waals surface area contributed by atoms with Crippen LogP contribution in [0.5, 0.6) is 0 Å². The molecule has 0 radical (unpaired) electrons. The predicted octanol–water partition coefficient (Wildman–Crippen LogP) is 3.35. The van der Waals surface area contributed by atoms with Crippen LogP contribution < -0.4 is 0 Å². The van der Waals surface area contributed by atoms with Crippen LogP contribution in [0.4, 0.5) is 0 Å². The molecule has 0 amide bonds. The highest BCUT2D eigenvalue weighted by Crippen LogP contribution is 2.29. The van der Waals surface area contributed by atoms with Gasteiger partial charge in [-0.3, -0.25) is 0 Å². The van der Waals surface area contributed by atoms with E-state index in [4.69, 9.17) is 16.3 Å². The van der Waals surface area contributed by atoms with Gasteiger partial charge in [0.15, 0.2) is 0 Å². The highest BCUT2D eigenvalue weighted by molar-refractivity contribution is 7.99. The molecule has 0 aliphatic carbocycles. The summed E-state index contributed by atoms with van der Waals surface area (Å²) in [7, 11) is 0. The number of aryl methyl sites for hydroxylation is 1. The molecule has 1 aromatic heterocycles. The molecule has 0 spiro atoms. The first-order valence-corrected chi connectivity index (χ1v) is 7.31. The van der Waals surface area contributed by atoms with Crippen molar-refractivity contribution in [2.24, 2.45) is 0 Å². The molecule has 1 saturated heterocycles. The summed E-state index contributed by atoms with van der Waals surface area (Å²) in [6.45, 7) is 3.84. The van der Waals surface area contributed by atoms with Gasteiger partial charge in [-0.15, -0.1) is 11.8 Å². The number of hydrogen-bond acceptors (Lipinski definition) is 4. The quantitative estimate of drug-likeness (QED) is 0.788. The monoisotopic (exact) mass is 272 g/mol. The summed E-state index contributed by atoms with van der Waals surface area (Å²) in [5.41, 5.74) is 0. The molecule has 1 aliphatic heterocycles. The maximum atomic E-state index is 6.01. The van der Waals surface area contributed by atoms with Crippen molar-refractivity contribution in [2.75, 3.05) is 13.2 Å². The topological polar surface area (TPSA) is 35.0 Å². The van der Waals surface area contributed by atoms with Crippen molar-refractivity contribution in [3.8, 4) is 0 Å². The molecule has 2 rings (SSSR count). The van der Waals surface area contributed by atoms with Gasteiger partial charge in [0.2, 0.25) is 0 Å². The Morgan fingerprint density at radius 2 is 2.18 bits per heavy atom. The molecule has 2 heterocycles. The molecule has 17 heavy (non-hydrogen) atoms. The zero-order chi connectivity index (χ0) is 12.1. The molecule has 94 valence electrons. The third kappa shape index (κ3) is 4.12. The van der Waals surface area contributed by atoms with Crippen LogP contribution in [-0.2, 0) is 11.2 Å². The van der Waals surface area contributed by atoms with E-state index in [0.717, 1.165) is 49.7 Å². The fourth-order valence-corrected chi connectivity index (χ4v) is 3.18. The Labute approximate surface area is 111 Å². The summed E-state index contributed by atoms with van der Waals surface area (Å²) in [6, 6.07) is 1.86. The van der Waals surface area contributed by atoms with Crippen molar-refractivity contribution in [1.82, 2.24) is 9.97 Å². The number of halogens is 1. The zero-order valence-electron chi connectivity index (χ0n) is 9.99. The molecule has 1 aliphatic rings. The highest BCUT2D eigenvalue weighted by Gasteiger charge is 2.16. The van der Waals surface area contributed by atoms with Crippen molar-refractivity contribution in [3.05, 3.63) is 17.0 Å². The Morgan fingerprint density at radius 3 is 2.88 bits per heavy atom. The molecule has 0 saturated carbocycles. The molecule has 5 heteroatoms. The standard InChI is InChI=1S/C12H17ClN2OS/c1-2-3-11-14-10(13)8-12(15-11)17-9-4-6-16-7-5-9/h8-9H,2-7H2,1H3. The van der Waals surface area contributed by atoms with Gasteiger partial charge in [0.05, 0.1) is 0 Å². The minimum absolute atomic E-state index is 0.554. The molecule has 1 fully saturated rings. The summed E-state index contributed by atoms with van der Waals surface area (Å²) in [5, 5.41) is 2.16. The van der Waals surface area contributed by atoms with Gasteiger partial charge in [-0.05, 0) is 19.3 Å². The van der Waals surface area contributed by atoms with Crippen molar-refractivity contribution >= 4 is 23.4 Å². The van der Waals surface area contributed by atoms with E-state index >= 15 is 0 Å². The van der Waals surface area contributed by atoms with Crippen molar-refractivity contribution < 1.29 is 4.74 Å². The van der Waals surface area contributed by atoms with Crippen LogP contribution in [0.25, 0.3) is 0 Å². The number of nitrogens with zero attached hydrogens (tertiary/aromatic N) is 2. The molecular weight excluding hydrogens is 256 g/mol. The lowest BCUT2D eigenvalue weighted by Crippen LogP contribution is -2.17. The van der Waals surface area contributed by atoms with Crippen molar-refractivity contribution in [1.29, 1.82) is 0 Å². The maximum absolute atomic E-state index is 6.01. The number of hydrogen-bond donors (Lipinski definition) is 0. The van der Waals surface area contributed by atoms with Crippen LogP contribution in [0.3, 0.4) is 0 Å². The Morgan fingerprint density at radius 1 is 1.41 bits per heavy atom. The molecule has 1 aromatic rings. The van der Waals surface area contributed by atoms with Crippen LogP contribution in [0.15, 0.2) is 11.1 Å². The Kier molecular flexibility index (Phi) is 5.07. The van der Waals surface area contributed by atoms with Gasteiger partial charge in [-0.1, -0.05) is 18.5 Å². The van der Waals surface area contributed by atoms with Crippen LogP contribution in [0.2, 0.25) is 5.15 Å². The first-order chi connectivity index (χ1) is 8.28. The molecule has 0 aromatic carbocycles. The van der Waals surface area contributed by atoms with E-state index < -0.39 is 0 Å². The number of aromatic nitrogens is 2. The molecular formula is C12H17ClN2OS. The van der Waals surface area contributed by atoms with Gasteiger partial charge in [0.1, 0.15) is 16.0 Å². The van der Waals surface area contributed by atoms with Gasteiger partial charge in [-0.2, -0.15) is 0 Å². The van der Waals surface area contributed by atoms with Gasteiger partial charge < -0.3 is 4.74 Å². The van der Waals surface area contributed by atoms with Gasteiger partial charge in [0, 0.05) is 31.0 Å². The molecule has 3 nitrogen and oxygen atoms in total. The fourth-order valence-electron chi connectivity index (χ4n) is 1.80. The van der Waals surface area contributed by atoms with Gasteiger partial charge >= 0.3 is 0 Å². The Bertz CT molecular complexity index is 370. The van der Waals surface area contributed by atoms with Gasteiger partial charge in [-0.25, -0.2) is 9.97 Å². The minimum atomic E-state index is 0.554. The summed E-state index contributed by atoms with van der Waals surface area (Å²) in [5.74, 6) is 0.856. The average Bonchev–Trinajstić information content (AvgIpc) is 2.30. The first-order valence-electron chi connectivity index (χ1n) is 6.06. The third-order valence-electron chi connectivity index (χ3n) is 2.65. The van der Waals surface area contributed by atoms with Crippen LogP contribution in [0.1, 0.15) is 32.0 Å². The van der Waals surface area contributed by atoms with E-state index in [9.17, 15) is 0 Å². The molecule has 0 bridgehead atoms. The SMILES string of the molecule is CCCc1nc(Cl)cc(SC2CCOCC2)n1. The van der Waals surface area contributed by atoms with Crippen LogP contribution in [0, 0.1) is 0 Å². The molecule has 0 unspecified atom stereocenters. The fraction of sp³-hybridized carbons (Fsp3) is 0.667. The number of ether oxygens (including phenoxy) is 1. The van der Waals surface area contributed by atoms with E-state index in [1.54, 1.807) is 11.8 Å². The first kappa shape index (κ1) is 13.1. The smallest absolute Gasteiger partial charge is 0.133 e. The summed E-state index contributed by atoms with van der Waals surface area (Å²) in [4.78, 5) is 8.78. The van der Waals surface area contributed by atoms with E-state index in [0.29, 0.717) is 10.4 Å². The second-order valence-corrected chi connectivity index (χ2v) is 5.83. The Balaban J connectivity index is 2.03. The zero-order valence-corrected chi connectivity index (χ0v) is 11.6. The van der Waals surface area contributed by atoms with Crippen LogP contribution >= 0.6 is 23.4 Å². The van der Waals surface area contributed by atoms with E-state index in [-0.39, 0.29) is 0 Å². The molecule has 0 N–H and O–H groups in total. The second-order valence-electron chi connectivity index (χ2n) is 4.12. The van der Waals surface area contributed by atoms with Gasteiger partial charge in [0.25, 0.3) is 0 Å². The number of thioether (sulfide) groups is 1. The normalized spacial score (nSPS) is 17.3. The largest absolute Gasteiger partial charge is 0.381 e. The second kappa shape index (κ2) is 6.57. The Hall–Kier alpha value is -0.320. The summed E-state index contributed by atoms with van der Waals surface area (Å²) < 4.78 is 5.35. The minimum Gasteiger partial charge on any atom is -0.381 e. The van der Waals surface area contributed by atoms with Crippen molar-refractivity contribution in [3.63, 3.8) is 0 Å². The predicted molar refractivity (Wildman–Crippen MR) is 70.7 cm³/mol. The lowest BCUT2D eigenvalue weighted by atomic mass is 10.2. The molecule has 0 atom stereocenters. The van der Waals surface area contributed by atoms with E-state index in [1.165, 1.54) is 0 Å². The maximum Gasteiger partial charge on any atom is 0.133 e. The third-order valence-corrected chi connectivity index (χ3v) is 4.10. The number of rotatable bonds is 4. The summed E-state index contributed by atoms with van der Waals surface area (Å²) >= 11 is 7.82. The average molecular weight is 273 g/mol. The van der Waals surface area contributed by atoms with Crippen molar-refractivity contribution in [2.45, 2.75) is 42.9 Å². The van der Waals surface area contributed by atoms with Crippen LogP contribution in [-0.4, -0.2) is 28.4 Å².